The fourth-order valence-electron chi connectivity index (χ4n) is 10.8. The van der Waals surface area contributed by atoms with Crippen LogP contribution in [0.2, 0.25) is 0 Å². The Kier molecular flexibility index (Phi) is 56.2. The van der Waals surface area contributed by atoms with Gasteiger partial charge in [-0.2, -0.15) is 0 Å². The van der Waals surface area contributed by atoms with Crippen molar-refractivity contribution in [2.24, 2.45) is 0 Å². The first-order chi connectivity index (χ1) is 39.7. The third-order valence-electron chi connectivity index (χ3n) is 16.2. The van der Waals surface area contributed by atoms with Gasteiger partial charge in [-0.3, -0.25) is 9.59 Å². The van der Waals surface area contributed by atoms with E-state index in [0.717, 1.165) is 57.8 Å². The van der Waals surface area contributed by atoms with Crippen LogP contribution in [0.4, 0.5) is 0 Å². The molecule has 7 atom stereocenters. The second-order valence-corrected chi connectivity index (χ2v) is 23.9. The second-order valence-electron chi connectivity index (χ2n) is 23.9. The van der Waals surface area contributed by atoms with Gasteiger partial charge in [0.2, 0.25) is 5.91 Å². The highest BCUT2D eigenvalue weighted by Gasteiger charge is 2.44. The van der Waals surface area contributed by atoms with Gasteiger partial charge in [0.25, 0.3) is 0 Å². The van der Waals surface area contributed by atoms with Crippen molar-refractivity contribution in [1.29, 1.82) is 0 Å². The molecule has 1 amide bonds. The minimum atomic E-state index is -1.58. The van der Waals surface area contributed by atoms with Crippen LogP contribution in [-0.4, -0.2) is 100 Å². The summed E-state index contributed by atoms with van der Waals surface area (Å²) >= 11 is 0. The molecule has 0 aromatic heterocycles. The van der Waals surface area contributed by atoms with Gasteiger partial charge < -0.3 is 45.1 Å². The number of ether oxygens (including phenoxy) is 3. The molecular weight excluding hydrogens is 1010 g/mol. The lowest BCUT2D eigenvalue weighted by Crippen LogP contribution is -2.60. The molecule has 0 saturated carbocycles. The predicted molar refractivity (Wildman–Crippen MR) is 338 cm³/mol. The summed E-state index contributed by atoms with van der Waals surface area (Å²) in [5.74, 6) is -0.185. The number of esters is 1. The highest BCUT2D eigenvalue weighted by atomic mass is 16.7. The summed E-state index contributed by atoms with van der Waals surface area (Å²) in [6, 6.07) is -0.831. The Balaban J connectivity index is 1.91. The number of carbonyl (C=O) groups excluding carboxylic acids is 2. The normalized spacial score (nSPS) is 18.5. The fourth-order valence-corrected chi connectivity index (χ4v) is 10.8. The average Bonchev–Trinajstić information content (AvgIpc) is 3.46. The summed E-state index contributed by atoms with van der Waals surface area (Å²) in [5.41, 5.74) is 0. The van der Waals surface area contributed by atoms with Crippen molar-refractivity contribution < 1.29 is 49.3 Å². The molecule has 0 aromatic rings. The molecule has 474 valence electrons. The van der Waals surface area contributed by atoms with E-state index in [0.29, 0.717) is 19.4 Å². The Morgan fingerprint density at radius 2 is 0.852 bits per heavy atom. The Hall–Kier alpha value is -2.38. The van der Waals surface area contributed by atoms with Crippen LogP contribution in [-0.2, 0) is 23.8 Å². The first kappa shape index (κ1) is 76.6. The highest BCUT2D eigenvalue weighted by molar-refractivity contribution is 5.76. The van der Waals surface area contributed by atoms with Crippen molar-refractivity contribution in [1.82, 2.24) is 5.32 Å². The van der Waals surface area contributed by atoms with Gasteiger partial charge in [-0.1, -0.05) is 280 Å². The number of hydrogen-bond donors (Lipinski definition) is 6. The minimum Gasteiger partial charge on any atom is -0.466 e. The lowest BCUT2D eigenvalue weighted by atomic mass is 9.99. The van der Waals surface area contributed by atoms with Crippen molar-refractivity contribution in [3.63, 3.8) is 0 Å². The van der Waals surface area contributed by atoms with Crippen LogP contribution < -0.4 is 5.32 Å². The minimum absolute atomic E-state index is 0.0106. The molecule has 0 spiro atoms. The lowest BCUT2D eigenvalue weighted by molar-refractivity contribution is -0.302. The predicted octanol–water partition coefficient (Wildman–Crippen LogP) is 17.2. The van der Waals surface area contributed by atoms with Gasteiger partial charge >= 0.3 is 5.97 Å². The van der Waals surface area contributed by atoms with E-state index in [9.17, 15) is 35.1 Å². The van der Waals surface area contributed by atoms with E-state index < -0.39 is 49.5 Å². The van der Waals surface area contributed by atoms with Gasteiger partial charge in [0.05, 0.1) is 32.0 Å². The zero-order chi connectivity index (χ0) is 58.7. The molecule has 11 nitrogen and oxygen atoms in total. The molecule has 81 heavy (non-hydrogen) atoms. The van der Waals surface area contributed by atoms with E-state index in [1.165, 1.54) is 238 Å². The van der Waals surface area contributed by atoms with E-state index in [2.05, 4.69) is 42.6 Å². The van der Waals surface area contributed by atoms with Crippen LogP contribution in [0.3, 0.4) is 0 Å². The van der Waals surface area contributed by atoms with Crippen molar-refractivity contribution in [3.05, 3.63) is 48.6 Å². The summed E-state index contributed by atoms with van der Waals surface area (Å²) in [7, 11) is 0. The van der Waals surface area contributed by atoms with E-state index in [1.54, 1.807) is 6.08 Å². The maximum atomic E-state index is 13.0. The van der Waals surface area contributed by atoms with Gasteiger partial charge in [0, 0.05) is 12.8 Å². The number of hydrogen-bond acceptors (Lipinski definition) is 10. The van der Waals surface area contributed by atoms with Crippen LogP contribution in [0, 0.1) is 0 Å². The standard InChI is InChI=1S/C70H129NO10/c1-3-5-7-9-11-13-37-42-46-50-54-58-66(75)79-59-55-51-47-43-39-36-34-32-30-28-26-24-22-20-18-16-14-15-17-19-21-23-25-27-29-31-33-35-38-41-45-49-53-57-65(74)71-62(63(73)56-52-48-44-40-12-10-8-6-4-2)61-80-70-69(78)68(77)67(76)64(60-72)81-70/h4,6,12,18,20,40,52,56,62-64,67-70,72-73,76-78H,3,5,7-11,13-17,19,21-39,41-51,53-55,57-61H2,1-2H3,(H,71,74)/b6-4+,20-18-,40-12+,56-52+. The fraction of sp³-hybridized carbons (Fsp3) is 0.857. The molecule has 1 aliphatic rings. The summed E-state index contributed by atoms with van der Waals surface area (Å²) in [4.78, 5) is 25.0. The van der Waals surface area contributed by atoms with Crippen LogP contribution in [0.5, 0.6) is 0 Å². The van der Waals surface area contributed by atoms with Crippen molar-refractivity contribution in [2.45, 2.75) is 365 Å². The second kappa shape index (κ2) is 59.4. The summed E-state index contributed by atoms with van der Waals surface area (Å²) < 4.78 is 16.7. The number of carbonyl (C=O) groups is 2. The van der Waals surface area contributed by atoms with E-state index in [-0.39, 0.29) is 18.5 Å². The van der Waals surface area contributed by atoms with Crippen LogP contribution >= 0.6 is 0 Å². The van der Waals surface area contributed by atoms with Crippen molar-refractivity contribution in [2.75, 3.05) is 19.8 Å². The molecule has 0 aromatic carbocycles. The van der Waals surface area contributed by atoms with E-state index >= 15 is 0 Å². The molecule has 0 radical (unpaired) electrons. The molecule has 1 aliphatic heterocycles. The SMILES string of the molecule is C/C=C/CC/C=C/CC/C=C/C(O)C(COC1OC(CO)C(O)C(O)C1O)NC(=O)CCCCCCCCCCCCCCCCCCC/C=C\CCCCCCCCCCCCCCOC(=O)CCCCCCCCCCCCC. The largest absolute Gasteiger partial charge is 0.466 e. The smallest absolute Gasteiger partial charge is 0.305 e. The lowest BCUT2D eigenvalue weighted by Gasteiger charge is -2.40. The summed E-state index contributed by atoms with van der Waals surface area (Å²) in [6.07, 6.45) is 67.2. The highest BCUT2D eigenvalue weighted by Crippen LogP contribution is 2.23. The molecule has 1 rings (SSSR count). The van der Waals surface area contributed by atoms with Gasteiger partial charge in [-0.15, -0.1) is 0 Å². The third-order valence-corrected chi connectivity index (χ3v) is 16.2. The zero-order valence-electron chi connectivity index (χ0n) is 52.5. The van der Waals surface area contributed by atoms with Crippen LogP contribution in [0.15, 0.2) is 48.6 Å². The monoisotopic (exact) mass is 1140 g/mol. The maximum absolute atomic E-state index is 13.0. The number of amides is 1. The number of unbranched alkanes of at least 4 members (excludes halogenated alkanes) is 41. The molecule has 0 aliphatic carbocycles. The molecule has 6 N–H and O–H groups in total. The molecule has 1 heterocycles. The number of allylic oxidation sites excluding steroid dienone is 7. The number of aliphatic hydroxyl groups is 5. The third kappa shape index (κ3) is 48.5. The molecule has 1 saturated heterocycles. The number of aliphatic hydroxyl groups excluding tert-OH is 5. The Morgan fingerprint density at radius 3 is 1.30 bits per heavy atom. The number of rotatable bonds is 60. The first-order valence-corrected chi connectivity index (χ1v) is 34.4. The Bertz CT molecular complexity index is 1480. The topological polar surface area (TPSA) is 175 Å². The van der Waals surface area contributed by atoms with Crippen molar-refractivity contribution in [3.8, 4) is 0 Å². The zero-order valence-corrected chi connectivity index (χ0v) is 52.5. The Morgan fingerprint density at radius 1 is 0.469 bits per heavy atom. The van der Waals surface area contributed by atoms with Crippen LogP contribution in [0.25, 0.3) is 0 Å². The maximum Gasteiger partial charge on any atom is 0.305 e. The van der Waals surface area contributed by atoms with E-state index in [4.69, 9.17) is 14.2 Å². The molecule has 0 bridgehead atoms. The Labute approximate surface area is 497 Å². The van der Waals surface area contributed by atoms with E-state index in [1.807, 2.05) is 19.1 Å². The first-order valence-electron chi connectivity index (χ1n) is 34.4. The van der Waals surface area contributed by atoms with Gasteiger partial charge in [-0.05, 0) is 77.6 Å². The molecular formula is C70H129NO10. The van der Waals surface area contributed by atoms with Crippen molar-refractivity contribution >= 4 is 11.9 Å². The molecule has 7 unspecified atom stereocenters. The molecule has 1 fully saturated rings. The quantitative estimate of drug-likeness (QED) is 0.0195. The van der Waals surface area contributed by atoms with Gasteiger partial charge in [0.15, 0.2) is 6.29 Å². The molecule has 11 heteroatoms. The van der Waals surface area contributed by atoms with Gasteiger partial charge in [0.1, 0.15) is 24.4 Å². The summed E-state index contributed by atoms with van der Waals surface area (Å²) in [6.45, 7) is 4.11. The van der Waals surface area contributed by atoms with Crippen LogP contribution in [0.1, 0.15) is 322 Å². The average molecular weight is 1140 g/mol. The van der Waals surface area contributed by atoms with Gasteiger partial charge in [-0.25, -0.2) is 0 Å². The number of nitrogens with one attached hydrogen (secondary N) is 1. The summed E-state index contributed by atoms with van der Waals surface area (Å²) in [5, 5.41) is 54.2.